The van der Waals surface area contributed by atoms with Crippen molar-refractivity contribution in [3.8, 4) is 16.5 Å². The Bertz CT molecular complexity index is 653. The molecule has 0 spiro atoms. The first kappa shape index (κ1) is 13.9. The van der Waals surface area contributed by atoms with Crippen molar-refractivity contribution >= 4 is 28.6 Å². The van der Waals surface area contributed by atoms with Crippen LogP contribution in [0.1, 0.15) is 29.3 Å². The van der Waals surface area contributed by atoms with E-state index in [1.165, 1.54) is 11.3 Å². The lowest BCUT2D eigenvalue weighted by atomic mass is 10.0. The Balaban J connectivity index is 2.68. The Kier molecular flexibility index (Phi) is 4.14. The lowest BCUT2D eigenvalue weighted by Gasteiger charge is -2.08. The molecule has 4 heteroatoms. The molecule has 19 heavy (non-hydrogen) atoms. The van der Waals surface area contributed by atoms with Gasteiger partial charge in [0.25, 0.3) is 0 Å². The van der Waals surface area contributed by atoms with Crippen LogP contribution in [0.3, 0.4) is 0 Å². The monoisotopic (exact) mass is 290 g/mol. The molecule has 1 aromatic carbocycles. The van der Waals surface area contributed by atoms with Gasteiger partial charge in [0.15, 0.2) is 0 Å². The molecule has 0 fully saturated rings. The number of anilines is 1. The molecule has 0 aliphatic carbocycles. The Labute approximate surface area is 122 Å². The minimum Gasteiger partial charge on any atom is -0.397 e. The number of nitriles is 1. The minimum atomic E-state index is 0.595. The fraction of sp³-hybridized carbons (Fsp3) is 0.267. The standard InChI is InChI=1S/C15H15ClN2S/c1-3-5-11-14(18)13(8-17)19-15(11)10-6-4-7-12(16)9(10)2/h4,6-7H,3,5,18H2,1-2H3. The van der Waals surface area contributed by atoms with Crippen molar-refractivity contribution in [3.63, 3.8) is 0 Å². The molecule has 0 aliphatic heterocycles. The maximum absolute atomic E-state index is 9.15. The van der Waals surface area contributed by atoms with E-state index in [1.807, 2.05) is 25.1 Å². The maximum atomic E-state index is 9.15. The van der Waals surface area contributed by atoms with Crippen LogP contribution in [0.25, 0.3) is 10.4 Å². The van der Waals surface area contributed by atoms with Crippen LogP contribution in [0.5, 0.6) is 0 Å². The van der Waals surface area contributed by atoms with E-state index < -0.39 is 0 Å². The Morgan fingerprint density at radius 1 is 1.42 bits per heavy atom. The van der Waals surface area contributed by atoms with Gasteiger partial charge in [-0.2, -0.15) is 5.26 Å². The molecule has 2 aromatic rings. The molecule has 1 heterocycles. The van der Waals surface area contributed by atoms with Crippen LogP contribution >= 0.6 is 22.9 Å². The summed E-state index contributed by atoms with van der Waals surface area (Å²) in [5.41, 5.74) is 9.90. The van der Waals surface area contributed by atoms with Crippen molar-refractivity contribution in [2.75, 3.05) is 5.73 Å². The first-order chi connectivity index (χ1) is 9.10. The second kappa shape index (κ2) is 5.64. The third-order valence-electron chi connectivity index (χ3n) is 3.16. The van der Waals surface area contributed by atoms with Crippen LogP contribution in [-0.2, 0) is 6.42 Å². The molecule has 2 nitrogen and oxygen atoms in total. The Morgan fingerprint density at radius 2 is 2.16 bits per heavy atom. The summed E-state index contributed by atoms with van der Waals surface area (Å²) in [4.78, 5) is 1.67. The van der Waals surface area contributed by atoms with Gasteiger partial charge in [-0.25, -0.2) is 0 Å². The fourth-order valence-electron chi connectivity index (χ4n) is 2.13. The molecule has 2 N–H and O–H groups in total. The average molecular weight is 291 g/mol. The molecule has 0 unspecified atom stereocenters. The Morgan fingerprint density at radius 3 is 2.79 bits per heavy atom. The highest BCUT2D eigenvalue weighted by atomic mass is 35.5. The lowest BCUT2D eigenvalue weighted by Crippen LogP contribution is -1.94. The van der Waals surface area contributed by atoms with E-state index in [0.29, 0.717) is 10.6 Å². The number of benzene rings is 1. The zero-order chi connectivity index (χ0) is 14.0. The molecule has 2 rings (SSSR count). The number of hydrogen-bond donors (Lipinski definition) is 1. The SMILES string of the molecule is CCCc1c(-c2cccc(Cl)c2C)sc(C#N)c1N. The van der Waals surface area contributed by atoms with Gasteiger partial charge in [0.2, 0.25) is 0 Å². The highest BCUT2D eigenvalue weighted by molar-refractivity contribution is 7.16. The van der Waals surface area contributed by atoms with Crippen LogP contribution in [0.4, 0.5) is 5.69 Å². The molecule has 1 aromatic heterocycles. The zero-order valence-electron chi connectivity index (χ0n) is 11.0. The highest BCUT2D eigenvalue weighted by Gasteiger charge is 2.18. The van der Waals surface area contributed by atoms with Gasteiger partial charge in [-0.05, 0) is 36.1 Å². The van der Waals surface area contributed by atoms with E-state index in [1.54, 1.807) is 0 Å². The predicted octanol–water partition coefficient (Wildman–Crippen LogP) is 4.78. The van der Waals surface area contributed by atoms with E-state index in [9.17, 15) is 0 Å². The molecule has 0 atom stereocenters. The van der Waals surface area contributed by atoms with Crippen LogP contribution in [0.15, 0.2) is 18.2 Å². The summed E-state index contributed by atoms with van der Waals surface area (Å²) in [7, 11) is 0. The molecule has 0 aliphatic rings. The van der Waals surface area contributed by atoms with Crippen molar-refractivity contribution in [2.45, 2.75) is 26.7 Å². The van der Waals surface area contributed by atoms with E-state index in [2.05, 4.69) is 13.0 Å². The molecular weight excluding hydrogens is 276 g/mol. The number of nitrogens with zero attached hydrogens (tertiary/aromatic N) is 1. The average Bonchev–Trinajstić information content (AvgIpc) is 2.71. The summed E-state index contributed by atoms with van der Waals surface area (Å²) in [6, 6.07) is 8.02. The predicted molar refractivity (Wildman–Crippen MR) is 82.6 cm³/mol. The second-order valence-electron chi connectivity index (χ2n) is 4.43. The van der Waals surface area contributed by atoms with Crippen LogP contribution < -0.4 is 5.73 Å². The molecule has 0 saturated carbocycles. The fourth-order valence-corrected chi connectivity index (χ4v) is 3.45. The van der Waals surface area contributed by atoms with Gasteiger partial charge in [-0.15, -0.1) is 11.3 Å². The van der Waals surface area contributed by atoms with Crippen molar-refractivity contribution in [3.05, 3.63) is 39.2 Å². The third kappa shape index (κ3) is 2.47. The first-order valence-electron chi connectivity index (χ1n) is 6.16. The molecule has 0 radical (unpaired) electrons. The van der Waals surface area contributed by atoms with E-state index in [4.69, 9.17) is 22.6 Å². The molecule has 0 bridgehead atoms. The van der Waals surface area contributed by atoms with Crippen molar-refractivity contribution in [1.82, 2.24) is 0 Å². The van der Waals surface area contributed by atoms with Gasteiger partial charge in [0.1, 0.15) is 10.9 Å². The smallest absolute Gasteiger partial charge is 0.128 e. The quantitative estimate of drug-likeness (QED) is 0.884. The molecule has 0 amide bonds. The summed E-state index contributed by atoms with van der Waals surface area (Å²) in [5, 5.41) is 9.89. The molecular formula is C15H15ClN2S. The normalized spacial score (nSPS) is 10.4. The van der Waals surface area contributed by atoms with E-state index in [-0.39, 0.29) is 0 Å². The summed E-state index contributed by atoms with van der Waals surface area (Å²) < 4.78 is 0. The number of halogens is 1. The van der Waals surface area contributed by atoms with Gasteiger partial charge in [0, 0.05) is 9.90 Å². The highest BCUT2D eigenvalue weighted by Crippen LogP contribution is 2.41. The number of rotatable bonds is 3. The summed E-state index contributed by atoms with van der Waals surface area (Å²) in [6.07, 6.45) is 1.88. The number of thiophene rings is 1. The van der Waals surface area contributed by atoms with Crippen molar-refractivity contribution in [1.29, 1.82) is 5.26 Å². The maximum Gasteiger partial charge on any atom is 0.128 e. The van der Waals surface area contributed by atoms with Crippen LogP contribution in [0.2, 0.25) is 5.02 Å². The van der Waals surface area contributed by atoms with Crippen LogP contribution in [0, 0.1) is 18.3 Å². The number of nitrogens with two attached hydrogens (primary N) is 1. The Hall–Kier alpha value is -1.50. The summed E-state index contributed by atoms with van der Waals surface area (Å²) >= 11 is 7.64. The van der Waals surface area contributed by atoms with Crippen molar-refractivity contribution in [2.24, 2.45) is 0 Å². The minimum absolute atomic E-state index is 0.595. The van der Waals surface area contributed by atoms with Crippen molar-refractivity contribution < 1.29 is 0 Å². The van der Waals surface area contributed by atoms with Gasteiger partial charge in [0.05, 0.1) is 5.69 Å². The van der Waals surface area contributed by atoms with Gasteiger partial charge < -0.3 is 5.73 Å². The number of hydrogen-bond acceptors (Lipinski definition) is 3. The molecule has 98 valence electrons. The van der Waals surface area contributed by atoms with E-state index >= 15 is 0 Å². The van der Waals surface area contributed by atoms with Gasteiger partial charge in [-0.1, -0.05) is 37.1 Å². The van der Waals surface area contributed by atoms with Gasteiger partial charge >= 0.3 is 0 Å². The summed E-state index contributed by atoms with van der Waals surface area (Å²) in [6.45, 7) is 4.10. The van der Waals surface area contributed by atoms with Gasteiger partial charge in [-0.3, -0.25) is 0 Å². The van der Waals surface area contributed by atoms with Crippen LogP contribution in [-0.4, -0.2) is 0 Å². The molecule has 0 saturated heterocycles. The topological polar surface area (TPSA) is 49.8 Å². The third-order valence-corrected chi connectivity index (χ3v) is 4.76. The number of nitrogen functional groups attached to an aromatic ring is 1. The zero-order valence-corrected chi connectivity index (χ0v) is 12.5. The van der Waals surface area contributed by atoms with E-state index in [0.717, 1.165) is 39.4 Å². The lowest BCUT2D eigenvalue weighted by molar-refractivity contribution is 0.929. The largest absolute Gasteiger partial charge is 0.397 e. The second-order valence-corrected chi connectivity index (χ2v) is 5.85. The first-order valence-corrected chi connectivity index (χ1v) is 7.36. The summed E-state index contributed by atoms with van der Waals surface area (Å²) in [5.74, 6) is 0.